The summed E-state index contributed by atoms with van der Waals surface area (Å²) in [5.41, 5.74) is 2.92. The van der Waals surface area contributed by atoms with Gasteiger partial charge in [-0.05, 0) is 51.8 Å². The lowest BCUT2D eigenvalue weighted by Gasteiger charge is -2.28. The number of aliphatic hydroxyl groups excluding tert-OH is 1. The molecule has 0 spiro atoms. The van der Waals surface area contributed by atoms with E-state index in [0.29, 0.717) is 34.7 Å². The van der Waals surface area contributed by atoms with E-state index in [1.54, 1.807) is 33.8 Å². The molecule has 0 fully saturated rings. The van der Waals surface area contributed by atoms with Crippen molar-refractivity contribution < 1.29 is 19.0 Å². The second-order valence-corrected chi connectivity index (χ2v) is 10.1. The average molecular weight is 517 g/mol. The molecule has 5 aromatic rings. The number of aliphatic hydroxyl groups is 1. The fourth-order valence-corrected chi connectivity index (χ4v) is 4.34. The van der Waals surface area contributed by atoms with Crippen LogP contribution in [0.4, 0.5) is 15.0 Å². The van der Waals surface area contributed by atoms with Crippen LogP contribution in [0.5, 0.6) is 0 Å². The Kier molecular flexibility index (Phi) is 6.58. The van der Waals surface area contributed by atoms with Gasteiger partial charge in [-0.3, -0.25) is 9.88 Å². The molecule has 1 aromatic carbocycles. The van der Waals surface area contributed by atoms with E-state index in [0.717, 1.165) is 22.7 Å². The Labute approximate surface area is 218 Å². The zero-order valence-corrected chi connectivity index (χ0v) is 21.6. The number of nitrogens with zero attached hydrogens (tertiary/aromatic N) is 5. The molecule has 10 heteroatoms. The molecule has 2 N–H and O–H groups in total. The maximum atomic E-state index is 14.1. The van der Waals surface area contributed by atoms with Crippen LogP contribution in [0.3, 0.4) is 0 Å². The molecule has 0 bridgehead atoms. The van der Waals surface area contributed by atoms with E-state index in [4.69, 9.17) is 4.74 Å². The molecule has 4 heterocycles. The number of para-hydroxylation sites is 1. The van der Waals surface area contributed by atoms with Gasteiger partial charge in [0.15, 0.2) is 5.65 Å². The number of benzene rings is 1. The second-order valence-electron chi connectivity index (χ2n) is 10.1. The molecule has 0 aliphatic carbocycles. The number of amides is 1. The van der Waals surface area contributed by atoms with Crippen molar-refractivity contribution in [1.82, 2.24) is 24.6 Å². The first-order valence-electron chi connectivity index (χ1n) is 12.3. The molecule has 0 aliphatic heterocycles. The lowest BCUT2D eigenvalue weighted by Crippen LogP contribution is -2.39. The predicted molar refractivity (Wildman–Crippen MR) is 142 cm³/mol. The summed E-state index contributed by atoms with van der Waals surface area (Å²) in [6.45, 7) is 7.27. The van der Waals surface area contributed by atoms with Crippen molar-refractivity contribution in [2.75, 3.05) is 11.4 Å². The Morgan fingerprint density at radius 3 is 2.74 bits per heavy atom. The van der Waals surface area contributed by atoms with E-state index in [9.17, 15) is 14.3 Å². The fraction of sp³-hybridized carbons (Fsp3) is 0.286. The van der Waals surface area contributed by atoms with Crippen LogP contribution in [-0.2, 0) is 11.2 Å². The standard InChI is InChI=1S/C28H29FN6O3/c1-17(36)22-16-32-35-25(12-24(33-26(22)35)19-11-20(29)15-30-13-19)34(27(37)38-28(2,3)4)10-9-18-14-31-23-8-6-5-7-21(18)23/h5-8,11-17,31,36H,9-10H2,1-4H3. The summed E-state index contributed by atoms with van der Waals surface area (Å²) in [7, 11) is 0. The monoisotopic (exact) mass is 516 g/mol. The van der Waals surface area contributed by atoms with Gasteiger partial charge in [0.2, 0.25) is 0 Å². The summed E-state index contributed by atoms with van der Waals surface area (Å²) >= 11 is 0. The van der Waals surface area contributed by atoms with Crippen LogP contribution in [-0.4, -0.2) is 47.9 Å². The molecule has 5 rings (SSSR count). The van der Waals surface area contributed by atoms with E-state index in [-0.39, 0.29) is 6.54 Å². The Morgan fingerprint density at radius 2 is 2.00 bits per heavy atom. The molecule has 38 heavy (non-hydrogen) atoms. The summed E-state index contributed by atoms with van der Waals surface area (Å²) in [5, 5.41) is 15.9. The Hall–Kier alpha value is -4.31. The van der Waals surface area contributed by atoms with E-state index in [1.165, 1.54) is 27.9 Å². The first-order chi connectivity index (χ1) is 18.1. The van der Waals surface area contributed by atoms with Gasteiger partial charge in [0.1, 0.15) is 17.2 Å². The lowest BCUT2D eigenvalue weighted by molar-refractivity contribution is 0.0579. The second kappa shape index (κ2) is 9.86. The number of fused-ring (bicyclic) bond motifs is 2. The summed E-state index contributed by atoms with van der Waals surface area (Å²) in [6.07, 6.45) is 5.14. The number of anilines is 1. The van der Waals surface area contributed by atoms with Gasteiger partial charge in [-0.15, -0.1) is 0 Å². The van der Waals surface area contributed by atoms with Gasteiger partial charge in [0, 0.05) is 47.0 Å². The third-order valence-corrected chi connectivity index (χ3v) is 6.10. The molecule has 0 aliphatic rings. The van der Waals surface area contributed by atoms with Gasteiger partial charge in [-0.25, -0.2) is 14.2 Å². The number of carbonyl (C=O) groups excluding carboxylic acids is 1. The van der Waals surface area contributed by atoms with Crippen LogP contribution in [0, 0.1) is 5.82 Å². The number of hydrogen-bond acceptors (Lipinski definition) is 6. The predicted octanol–water partition coefficient (Wildman–Crippen LogP) is 5.45. The normalized spacial score (nSPS) is 12.7. The number of ether oxygens (including phenoxy) is 1. The Balaban J connectivity index is 1.64. The van der Waals surface area contributed by atoms with Crippen molar-refractivity contribution in [3.05, 3.63) is 78.1 Å². The van der Waals surface area contributed by atoms with E-state index >= 15 is 0 Å². The van der Waals surface area contributed by atoms with E-state index in [2.05, 4.69) is 20.1 Å². The van der Waals surface area contributed by atoms with Crippen LogP contribution >= 0.6 is 0 Å². The highest BCUT2D eigenvalue weighted by Gasteiger charge is 2.28. The molecule has 1 amide bonds. The minimum atomic E-state index is -0.866. The third kappa shape index (κ3) is 5.08. The minimum absolute atomic E-state index is 0.264. The molecular weight excluding hydrogens is 487 g/mol. The highest BCUT2D eigenvalue weighted by atomic mass is 19.1. The fourth-order valence-electron chi connectivity index (χ4n) is 4.34. The molecule has 1 unspecified atom stereocenters. The summed E-state index contributed by atoms with van der Waals surface area (Å²) in [6, 6.07) is 10.9. The van der Waals surface area contributed by atoms with Gasteiger partial charge < -0.3 is 14.8 Å². The highest BCUT2D eigenvalue weighted by molar-refractivity contribution is 5.89. The van der Waals surface area contributed by atoms with Crippen molar-refractivity contribution in [2.45, 2.75) is 45.8 Å². The van der Waals surface area contributed by atoms with Gasteiger partial charge in [-0.1, -0.05) is 18.2 Å². The summed E-state index contributed by atoms with van der Waals surface area (Å²) < 4.78 is 21.3. The smallest absolute Gasteiger partial charge is 0.416 e. The van der Waals surface area contributed by atoms with Crippen molar-refractivity contribution in [2.24, 2.45) is 0 Å². The number of aromatic amines is 1. The van der Waals surface area contributed by atoms with Crippen LogP contribution < -0.4 is 4.90 Å². The SMILES string of the molecule is CC(O)c1cnn2c(N(CCc3c[nH]c4ccccc34)C(=O)OC(C)(C)C)cc(-c3cncc(F)c3)nc12. The molecule has 0 saturated heterocycles. The highest BCUT2D eigenvalue weighted by Crippen LogP contribution is 2.30. The van der Waals surface area contributed by atoms with Crippen molar-refractivity contribution in [3.8, 4) is 11.3 Å². The molecule has 0 saturated carbocycles. The number of rotatable bonds is 6. The molecule has 9 nitrogen and oxygen atoms in total. The zero-order valence-electron chi connectivity index (χ0n) is 21.6. The van der Waals surface area contributed by atoms with Crippen molar-refractivity contribution >= 4 is 28.5 Å². The van der Waals surface area contributed by atoms with Gasteiger partial charge >= 0.3 is 6.09 Å². The third-order valence-electron chi connectivity index (χ3n) is 6.10. The van der Waals surface area contributed by atoms with Crippen LogP contribution in [0.25, 0.3) is 27.8 Å². The summed E-state index contributed by atoms with van der Waals surface area (Å²) in [4.78, 5) is 26.9. The van der Waals surface area contributed by atoms with Crippen LogP contribution in [0.2, 0.25) is 0 Å². The van der Waals surface area contributed by atoms with Crippen molar-refractivity contribution in [3.63, 3.8) is 0 Å². The van der Waals surface area contributed by atoms with Gasteiger partial charge in [0.25, 0.3) is 0 Å². The Morgan fingerprint density at radius 1 is 1.21 bits per heavy atom. The maximum Gasteiger partial charge on any atom is 0.416 e. The van der Waals surface area contributed by atoms with Crippen LogP contribution in [0.1, 0.15) is 44.9 Å². The average Bonchev–Trinajstić information content (AvgIpc) is 3.47. The molecule has 196 valence electrons. The number of H-pyrrole nitrogens is 1. The lowest BCUT2D eigenvalue weighted by atomic mass is 10.1. The Bertz CT molecular complexity index is 1620. The number of halogens is 1. The maximum absolute atomic E-state index is 14.1. The topological polar surface area (TPSA) is 109 Å². The number of aromatic nitrogens is 5. The number of pyridine rings is 1. The summed E-state index contributed by atoms with van der Waals surface area (Å²) in [5.74, 6) is -0.145. The van der Waals surface area contributed by atoms with Gasteiger partial charge in [0.05, 0.1) is 24.2 Å². The first-order valence-corrected chi connectivity index (χ1v) is 12.3. The zero-order chi connectivity index (χ0) is 27.0. The number of carbonyl (C=O) groups is 1. The quantitative estimate of drug-likeness (QED) is 0.311. The van der Waals surface area contributed by atoms with Crippen molar-refractivity contribution in [1.29, 1.82) is 0 Å². The van der Waals surface area contributed by atoms with Gasteiger partial charge in [-0.2, -0.15) is 9.61 Å². The molecular formula is C28H29FN6O3. The minimum Gasteiger partial charge on any atom is -0.443 e. The molecule has 4 aromatic heterocycles. The van der Waals surface area contributed by atoms with E-state index < -0.39 is 23.6 Å². The van der Waals surface area contributed by atoms with Crippen LogP contribution in [0.15, 0.2) is 61.2 Å². The molecule has 0 radical (unpaired) electrons. The largest absolute Gasteiger partial charge is 0.443 e. The first kappa shape index (κ1) is 25.3. The van der Waals surface area contributed by atoms with E-state index in [1.807, 2.05) is 30.5 Å². The number of hydrogen-bond donors (Lipinski definition) is 2. The number of nitrogens with one attached hydrogen (secondary N) is 1. The molecule has 1 atom stereocenters.